The smallest absolute Gasteiger partial charge is 0.255 e. The third kappa shape index (κ3) is 3.55. The van der Waals surface area contributed by atoms with Crippen LogP contribution >= 0.6 is 11.6 Å². The first-order valence-corrected chi connectivity index (χ1v) is 10.3. The van der Waals surface area contributed by atoms with Gasteiger partial charge in [0, 0.05) is 19.5 Å². The highest BCUT2D eigenvalue weighted by atomic mass is 35.5. The number of aromatic nitrogens is 1. The highest BCUT2D eigenvalue weighted by molar-refractivity contribution is 7.90. The number of amides is 1. The first kappa shape index (κ1) is 17.9. The minimum absolute atomic E-state index is 0.0795. The molecule has 7 heteroatoms. The van der Waals surface area contributed by atoms with Crippen LogP contribution in [0.1, 0.15) is 40.5 Å². The Morgan fingerprint density at radius 1 is 1.32 bits per heavy atom. The number of hydrogen-bond acceptors (Lipinski definition) is 4. The van der Waals surface area contributed by atoms with E-state index in [4.69, 9.17) is 11.6 Å². The number of fused-ring (bicyclic) bond motifs is 1. The van der Waals surface area contributed by atoms with Crippen LogP contribution in [0.25, 0.3) is 0 Å². The number of rotatable bonds is 3. The molecular weight excluding hydrogens is 360 g/mol. The second kappa shape index (κ2) is 6.77. The SMILES string of the molecule is CN(C(=O)c1cc(S(C)(=O)=O)ccc1Cl)[C@H]1CCCc2cccnc21. The molecule has 132 valence electrons. The molecule has 1 amide bonds. The van der Waals surface area contributed by atoms with E-state index in [1.807, 2.05) is 12.1 Å². The van der Waals surface area contributed by atoms with Gasteiger partial charge >= 0.3 is 0 Å². The predicted octanol–water partition coefficient (Wildman–Crippen LogP) is 3.29. The van der Waals surface area contributed by atoms with Crippen molar-refractivity contribution in [3.63, 3.8) is 0 Å². The number of halogens is 1. The van der Waals surface area contributed by atoms with E-state index < -0.39 is 9.84 Å². The lowest BCUT2D eigenvalue weighted by atomic mass is 9.91. The third-order valence-corrected chi connectivity index (χ3v) is 5.99. The zero-order valence-corrected chi connectivity index (χ0v) is 15.6. The monoisotopic (exact) mass is 378 g/mol. The molecule has 0 radical (unpaired) electrons. The Hall–Kier alpha value is -1.92. The van der Waals surface area contributed by atoms with Crippen molar-refractivity contribution in [3.05, 3.63) is 58.4 Å². The molecule has 1 aliphatic rings. The molecule has 0 aliphatic heterocycles. The van der Waals surface area contributed by atoms with Crippen LogP contribution in [-0.4, -0.2) is 37.5 Å². The van der Waals surface area contributed by atoms with E-state index in [9.17, 15) is 13.2 Å². The van der Waals surface area contributed by atoms with Gasteiger partial charge in [-0.1, -0.05) is 17.7 Å². The van der Waals surface area contributed by atoms with Crippen molar-refractivity contribution in [1.29, 1.82) is 0 Å². The van der Waals surface area contributed by atoms with E-state index in [-0.39, 0.29) is 27.4 Å². The summed E-state index contributed by atoms with van der Waals surface area (Å²) in [6.07, 6.45) is 5.57. The fraction of sp³-hybridized carbons (Fsp3) is 0.333. The zero-order valence-electron chi connectivity index (χ0n) is 14.1. The fourth-order valence-corrected chi connectivity index (χ4v) is 4.04. The fourth-order valence-electron chi connectivity index (χ4n) is 3.19. The molecular formula is C18H19ClN2O3S. The van der Waals surface area contributed by atoms with Crippen molar-refractivity contribution in [1.82, 2.24) is 9.88 Å². The molecule has 0 fully saturated rings. The van der Waals surface area contributed by atoms with Gasteiger partial charge in [-0.15, -0.1) is 0 Å². The molecule has 0 saturated heterocycles. The van der Waals surface area contributed by atoms with E-state index >= 15 is 0 Å². The molecule has 1 heterocycles. The molecule has 0 bridgehead atoms. The molecule has 5 nitrogen and oxygen atoms in total. The summed E-state index contributed by atoms with van der Waals surface area (Å²) in [4.78, 5) is 19.1. The van der Waals surface area contributed by atoms with Gasteiger partial charge in [-0.3, -0.25) is 9.78 Å². The number of sulfone groups is 1. The number of pyridine rings is 1. The van der Waals surface area contributed by atoms with Crippen molar-refractivity contribution >= 4 is 27.3 Å². The summed E-state index contributed by atoms with van der Waals surface area (Å²) in [5.74, 6) is -0.306. The van der Waals surface area contributed by atoms with Crippen molar-refractivity contribution in [2.45, 2.75) is 30.2 Å². The Morgan fingerprint density at radius 3 is 2.80 bits per heavy atom. The minimum Gasteiger partial charge on any atom is -0.333 e. The lowest BCUT2D eigenvalue weighted by Crippen LogP contribution is -2.34. The topological polar surface area (TPSA) is 67.3 Å². The highest BCUT2D eigenvalue weighted by Crippen LogP contribution is 2.33. The minimum atomic E-state index is -3.42. The average molecular weight is 379 g/mol. The van der Waals surface area contributed by atoms with E-state index in [1.165, 1.54) is 18.2 Å². The molecule has 0 saturated carbocycles. The molecule has 1 atom stereocenters. The zero-order chi connectivity index (χ0) is 18.2. The van der Waals surface area contributed by atoms with Crippen molar-refractivity contribution in [2.75, 3.05) is 13.3 Å². The summed E-state index contributed by atoms with van der Waals surface area (Å²) in [5.41, 5.74) is 2.24. The molecule has 0 spiro atoms. The summed E-state index contributed by atoms with van der Waals surface area (Å²) >= 11 is 6.17. The van der Waals surface area contributed by atoms with Crippen LogP contribution < -0.4 is 0 Å². The lowest BCUT2D eigenvalue weighted by Gasteiger charge is -2.32. The second-order valence-electron chi connectivity index (χ2n) is 6.29. The quantitative estimate of drug-likeness (QED) is 0.821. The van der Waals surface area contributed by atoms with Gasteiger partial charge in [0.05, 0.1) is 27.2 Å². The number of aryl methyl sites for hydroxylation is 1. The van der Waals surface area contributed by atoms with Crippen LogP contribution in [0, 0.1) is 0 Å². The standard InChI is InChI=1S/C18H19ClN2O3S/c1-21(16-7-3-5-12-6-4-10-20-17(12)16)18(22)14-11-13(25(2,23)24)8-9-15(14)19/h4,6,8-11,16H,3,5,7H2,1-2H3/t16-/m0/s1. The Kier molecular flexibility index (Phi) is 4.84. The number of carbonyl (C=O) groups excluding carboxylic acids is 1. The molecule has 1 aromatic heterocycles. The average Bonchev–Trinajstić information content (AvgIpc) is 2.59. The van der Waals surface area contributed by atoms with Crippen LogP contribution in [0.15, 0.2) is 41.4 Å². The van der Waals surface area contributed by atoms with Crippen molar-refractivity contribution in [3.8, 4) is 0 Å². The van der Waals surface area contributed by atoms with E-state index in [2.05, 4.69) is 4.98 Å². The number of carbonyl (C=O) groups is 1. The molecule has 1 aromatic carbocycles. The molecule has 0 unspecified atom stereocenters. The molecule has 0 N–H and O–H groups in total. The largest absolute Gasteiger partial charge is 0.333 e. The summed E-state index contributed by atoms with van der Waals surface area (Å²) < 4.78 is 23.6. The Bertz CT molecular complexity index is 928. The van der Waals surface area contributed by atoms with E-state index in [0.717, 1.165) is 36.8 Å². The van der Waals surface area contributed by atoms with Crippen LogP contribution in [0.5, 0.6) is 0 Å². The van der Waals surface area contributed by atoms with Gasteiger partial charge in [0.2, 0.25) is 0 Å². The van der Waals surface area contributed by atoms with Crippen LogP contribution in [0.2, 0.25) is 5.02 Å². The summed E-state index contributed by atoms with van der Waals surface area (Å²) in [6, 6.07) is 7.99. The van der Waals surface area contributed by atoms with Gasteiger partial charge < -0.3 is 4.90 Å². The number of hydrogen-bond donors (Lipinski definition) is 0. The number of benzene rings is 1. The van der Waals surface area contributed by atoms with Crippen molar-refractivity contribution < 1.29 is 13.2 Å². The molecule has 25 heavy (non-hydrogen) atoms. The Labute approximate surface area is 152 Å². The van der Waals surface area contributed by atoms with Gasteiger partial charge in [-0.05, 0) is 49.1 Å². The maximum absolute atomic E-state index is 13.0. The van der Waals surface area contributed by atoms with E-state index in [0.29, 0.717) is 0 Å². The van der Waals surface area contributed by atoms with Gasteiger partial charge in [0.1, 0.15) is 0 Å². The maximum atomic E-state index is 13.0. The molecule has 2 aromatic rings. The number of nitrogens with zero attached hydrogens (tertiary/aromatic N) is 2. The Morgan fingerprint density at radius 2 is 2.08 bits per heavy atom. The summed E-state index contributed by atoms with van der Waals surface area (Å²) in [6.45, 7) is 0. The normalized spacial score (nSPS) is 17.0. The second-order valence-corrected chi connectivity index (χ2v) is 8.71. The summed E-state index contributed by atoms with van der Waals surface area (Å²) in [5, 5.41) is 0.237. The van der Waals surface area contributed by atoms with Gasteiger partial charge in [-0.2, -0.15) is 0 Å². The first-order chi connectivity index (χ1) is 11.8. The molecule has 1 aliphatic carbocycles. The lowest BCUT2D eigenvalue weighted by molar-refractivity contribution is 0.0711. The van der Waals surface area contributed by atoms with Crippen molar-refractivity contribution in [2.24, 2.45) is 0 Å². The van der Waals surface area contributed by atoms with Crippen LogP contribution in [0.4, 0.5) is 0 Å². The summed E-state index contributed by atoms with van der Waals surface area (Å²) in [7, 11) is -1.71. The predicted molar refractivity (Wildman–Crippen MR) is 96.6 cm³/mol. The first-order valence-electron chi connectivity index (χ1n) is 7.99. The van der Waals surface area contributed by atoms with Gasteiger partial charge in [0.25, 0.3) is 5.91 Å². The van der Waals surface area contributed by atoms with Gasteiger partial charge in [-0.25, -0.2) is 8.42 Å². The third-order valence-electron chi connectivity index (χ3n) is 4.55. The highest BCUT2D eigenvalue weighted by Gasteiger charge is 2.29. The maximum Gasteiger partial charge on any atom is 0.255 e. The van der Waals surface area contributed by atoms with Crippen LogP contribution in [0.3, 0.4) is 0 Å². The van der Waals surface area contributed by atoms with Crippen LogP contribution in [-0.2, 0) is 16.3 Å². The Balaban J connectivity index is 1.97. The molecule has 3 rings (SSSR count). The van der Waals surface area contributed by atoms with E-state index in [1.54, 1.807) is 18.1 Å². The van der Waals surface area contributed by atoms with Gasteiger partial charge in [0.15, 0.2) is 9.84 Å².